The quantitative estimate of drug-likeness (QED) is 0.794. The number of halogens is 2. The third kappa shape index (κ3) is 4.22. The summed E-state index contributed by atoms with van der Waals surface area (Å²) in [6, 6.07) is 3.51. The minimum Gasteiger partial charge on any atom is -0.388 e. The van der Waals surface area contributed by atoms with Crippen LogP contribution in [0.2, 0.25) is 0 Å². The summed E-state index contributed by atoms with van der Waals surface area (Å²) in [5.74, 6) is -1.99. The number of carbonyl (C=O) groups is 1. The Hall–Kier alpha value is -2.34. The van der Waals surface area contributed by atoms with Gasteiger partial charge in [0.1, 0.15) is 23.4 Å². The number of hydrogen-bond donors (Lipinski definition) is 2. The smallest absolute Gasteiger partial charge is 0.250 e. The van der Waals surface area contributed by atoms with Crippen LogP contribution in [0, 0.1) is 16.7 Å². The van der Waals surface area contributed by atoms with Crippen LogP contribution in [0.25, 0.3) is 0 Å². The van der Waals surface area contributed by atoms with Crippen LogP contribution in [-0.2, 0) is 11.2 Å². The van der Waals surface area contributed by atoms with E-state index in [1.165, 1.54) is 6.07 Å². The number of piperidine rings is 1. The molecule has 1 aliphatic carbocycles. The van der Waals surface area contributed by atoms with Gasteiger partial charge in [0.15, 0.2) is 0 Å². The van der Waals surface area contributed by atoms with Gasteiger partial charge in [-0.15, -0.1) is 0 Å². The Balaban J connectivity index is 1.55. The highest BCUT2D eigenvalue weighted by Gasteiger charge is 2.59. The maximum Gasteiger partial charge on any atom is 0.250 e. The predicted octanol–water partition coefficient (Wildman–Crippen LogP) is 2.11. The van der Waals surface area contributed by atoms with Crippen LogP contribution in [0.15, 0.2) is 6.07 Å². The van der Waals surface area contributed by atoms with Crippen LogP contribution >= 0.6 is 0 Å². The second-order valence-electron chi connectivity index (χ2n) is 8.16. The molecule has 2 aliphatic rings. The van der Waals surface area contributed by atoms with Gasteiger partial charge in [0.05, 0.1) is 11.0 Å². The molecule has 1 saturated heterocycles. The highest BCUT2D eigenvalue weighted by Crippen LogP contribution is 2.52. The Bertz CT molecular complexity index is 792. The summed E-state index contributed by atoms with van der Waals surface area (Å²) in [5.41, 5.74) is -1.78. The standard InChI is InChI=1S/C19H25F2N5O2/c1-3-14-24-13(9-22)8-15(25-14)23-12-18(28)4-6-26(7-5-18)16(27)17(2)10-19(20,21)11-17/h8,28H,3-7,10-12H2,1-2H3,(H,23,24,25). The van der Waals surface area contributed by atoms with Crippen molar-refractivity contribution in [3.8, 4) is 6.07 Å². The SMILES string of the molecule is CCc1nc(C#N)cc(NCC2(O)CCN(C(=O)C3(C)CC(F)(F)C3)CC2)n1. The molecule has 0 spiro atoms. The van der Waals surface area contributed by atoms with Crippen molar-refractivity contribution in [3.63, 3.8) is 0 Å². The molecular weight excluding hydrogens is 368 g/mol. The second-order valence-corrected chi connectivity index (χ2v) is 8.16. The summed E-state index contributed by atoms with van der Waals surface area (Å²) in [6.07, 6.45) is 0.457. The Labute approximate surface area is 162 Å². The van der Waals surface area contributed by atoms with E-state index in [1.807, 2.05) is 13.0 Å². The largest absolute Gasteiger partial charge is 0.388 e. The average Bonchev–Trinajstić information content (AvgIpc) is 2.64. The molecule has 0 radical (unpaired) electrons. The van der Waals surface area contributed by atoms with Gasteiger partial charge in [-0.25, -0.2) is 18.7 Å². The molecular formula is C19H25F2N5O2. The Kier molecular flexibility index (Phi) is 5.28. The van der Waals surface area contributed by atoms with Crippen LogP contribution in [0.4, 0.5) is 14.6 Å². The monoisotopic (exact) mass is 393 g/mol. The molecule has 1 aliphatic heterocycles. The zero-order chi connectivity index (χ0) is 20.6. The number of aliphatic hydroxyl groups is 1. The van der Waals surface area contributed by atoms with E-state index in [9.17, 15) is 18.7 Å². The van der Waals surface area contributed by atoms with Gasteiger partial charge in [0.25, 0.3) is 0 Å². The first-order chi connectivity index (χ1) is 13.1. The molecule has 0 atom stereocenters. The van der Waals surface area contributed by atoms with Crippen LogP contribution < -0.4 is 5.32 Å². The zero-order valence-corrected chi connectivity index (χ0v) is 16.1. The van der Waals surface area contributed by atoms with Gasteiger partial charge in [-0.3, -0.25) is 4.79 Å². The number of nitrogens with one attached hydrogen (secondary N) is 1. The number of alkyl halides is 2. The molecule has 3 rings (SSSR count). The fourth-order valence-electron chi connectivity index (χ4n) is 3.98. The maximum atomic E-state index is 13.2. The fraction of sp³-hybridized carbons (Fsp3) is 0.684. The van der Waals surface area contributed by atoms with Crippen molar-refractivity contribution >= 4 is 11.7 Å². The lowest BCUT2D eigenvalue weighted by atomic mass is 9.66. The molecule has 2 fully saturated rings. The lowest BCUT2D eigenvalue weighted by molar-refractivity contribution is -0.185. The lowest BCUT2D eigenvalue weighted by Crippen LogP contribution is -2.58. The Morgan fingerprint density at radius 2 is 2.00 bits per heavy atom. The van der Waals surface area contributed by atoms with Crippen LogP contribution in [-0.4, -0.2) is 57.0 Å². The van der Waals surface area contributed by atoms with Gasteiger partial charge < -0.3 is 15.3 Å². The Morgan fingerprint density at radius 1 is 1.36 bits per heavy atom. The maximum absolute atomic E-state index is 13.2. The Morgan fingerprint density at radius 3 is 2.54 bits per heavy atom. The number of likely N-dealkylation sites (tertiary alicyclic amines) is 1. The first-order valence-corrected chi connectivity index (χ1v) is 9.50. The molecule has 0 bridgehead atoms. The summed E-state index contributed by atoms with van der Waals surface area (Å²) in [6.45, 7) is 4.34. The number of rotatable bonds is 5. The highest BCUT2D eigenvalue weighted by molar-refractivity contribution is 5.83. The van der Waals surface area contributed by atoms with Crippen molar-refractivity contribution in [3.05, 3.63) is 17.6 Å². The average molecular weight is 393 g/mol. The first-order valence-electron chi connectivity index (χ1n) is 9.50. The summed E-state index contributed by atoms with van der Waals surface area (Å²) < 4.78 is 26.4. The second kappa shape index (κ2) is 7.24. The van der Waals surface area contributed by atoms with Gasteiger partial charge in [-0.2, -0.15) is 5.26 Å². The number of aryl methyl sites for hydroxylation is 1. The molecule has 1 aromatic heterocycles. The number of amides is 1. The lowest BCUT2D eigenvalue weighted by Gasteiger charge is -2.48. The van der Waals surface area contributed by atoms with Crippen LogP contribution in [0.3, 0.4) is 0 Å². The van der Waals surface area contributed by atoms with Gasteiger partial charge in [-0.1, -0.05) is 13.8 Å². The van der Waals surface area contributed by atoms with Gasteiger partial charge >= 0.3 is 0 Å². The van der Waals surface area contributed by atoms with E-state index >= 15 is 0 Å². The van der Waals surface area contributed by atoms with Crippen LogP contribution in [0.1, 0.15) is 51.0 Å². The van der Waals surface area contributed by atoms with Crippen molar-refractivity contribution < 1.29 is 18.7 Å². The van der Waals surface area contributed by atoms with Crippen molar-refractivity contribution in [2.24, 2.45) is 5.41 Å². The molecule has 1 amide bonds. The molecule has 2 heterocycles. The predicted molar refractivity (Wildman–Crippen MR) is 97.7 cm³/mol. The molecule has 28 heavy (non-hydrogen) atoms. The minimum atomic E-state index is -2.75. The molecule has 2 N–H and O–H groups in total. The topological polar surface area (TPSA) is 102 Å². The van der Waals surface area contributed by atoms with Crippen molar-refractivity contribution in [1.82, 2.24) is 14.9 Å². The number of nitrogens with zero attached hydrogens (tertiary/aromatic N) is 4. The minimum absolute atomic E-state index is 0.218. The molecule has 0 aromatic carbocycles. The van der Waals surface area contributed by atoms with E-state index in [-0.39, 0.29) is 18.1 Å². The van der Waals surface area contributed by atoms with Crippen molar-refractivity contribution in [1.29, 1.82) is 5.26 Å². The van der Waals surface area contributed by atoms with E-state index in [2.05, 4.69) is 15.3 Å². The summed E-state index contributed by atoms with van der Waals surface area (Å²) in [5, 5.41) is 22.9. The van der Waals surface area contributed by atoms with Crippen molar-refractivity contribution in [2.75, 3.05) is 25.0 Å². The number of anilines is 1. The molecule has 7 nitrogen and oxygen atoms in total. The third-order valence-electron chi connectivity index (χ3n) is 5.60. The van der Waals surface area contributed by atoms with E-state index in [1.54, 1.807) is 11.8 Å². The third-order valence-corrected chi connectivity index (χ3v) is 5.60. The fourth-order valence-corrected chi connectivity index (χ4v) is 3.98. The molecule has 9 heteroatoms. The first kappa shape index (κ1) is 20.4. The van der Waals surface area contributed by atoms with E-state index in [0.717, 1.165) is 0 Å². The van der Waals surface area contributed by atoms with Gasteiger partial charge in [0, 0.05) is 45.0 Å². The van der Waals surface area contributed by atoms with Gasteiger partial charge in [-0.05, 0) is 12.8 Å². The molecule has 0 unspecified atom stereocenters. The molecule has 1 aromatic rings. The number of aromatic nitrogens is 2. The summed E-state index contributed by atoms with van der Waals surface area (Å²) in [7, 11) is 0. The van der Waals surface area contributed by atoms with Crippen molar-refractivity contribution in [2.45, 2.75) is 57.5 Å². The molecule has 1 saturated carbocycles. The van der Waals surface area contributed by atoms with Gasteiger partial charge in [0.2, 0.25) is 11.8 Å². The van der Waals surface area contributed by atoms with E-state index in [4.69, 9.17) is 5.26 Å². The summed E-state index contributed by atoms with van der Waals surface area (Å²) in [4.78, 5) is 22.5. The highest BCUT2D eigenvalue weighted by atomic mass is 19.3. The van der Waals surface area contributed by atoms with E-state index in [0.29, 0.717) is 44.0 Å². The molecule has 152 valence electrons. The number of nitriles is 1. The summed E-state index contributed by atoms with van der Waals surface area (Å²) >= 11 is 0. The number of carbonyl (C=O) groups excluding carboxylic acids is 1. The van der Waals surface area contributed by atoms with Crippen LogP contribution in [0.5, 0.6) is 0 Å². The zero-order valence-electron chi connectivity index (χ0n) is 16.1. The van der Waals surface area contributed by atoms with E-state index < -0.39 is 29.8 Å². The normalized spacial score (nSPS) is 22.1. The number of hydrogen-bond acceptors (Lipinski definition) is 6.